The van der Waals surface area contributed by atoms with Crippen molar-refractivity contribution in [3.05, 3.63) is 125 Å². The molecule has 6 rings (SSSR count). The fourth-order valence-electron chi connectivity index (χ4n) is 4.73. The molecule has 0 aliphatic carbocycles. The Bertz CT molecular complexity index is 1520. The normalized spacial score (nSPS) is 15.3. The summed E-state index contributed by atoms with van der Waals surface area (Å²) in [5, 5.41) is 6.33. The fraction of sp³-hybridized carbons (Fsp3) is 0.133. The van der Waals surface area contributed by atoms with Crippen LogP contribution in [-0.2, 0) is 13.1 Å². The minimum Gasteiger partial charge on any atom is -0.454 e. The smallest absolute Gasteiger partial charge is 0.256 e. The highest BCUT2D eigenvalue weighted by Gasteiger charge is 2.36. The molecule has 1 unspecified atom stereocenters. The lowest BCUT2D eigenvalue weighted by atomic mass is 10.1. The first-order valence-electron chi connectivity index (χ1n) is 12.2. The second-order valence-corrected chi connectivity index (χ2v) is 9.14. The third kappa shape index (κ3) is 4.64. The summed E-state index contributed by atoms with van der Waals surface area (Å²) in [5.41, 5.74) is 4.32. The number of nitrogens with one attached hydrogen (secondary N) is 2. The zero-order valence-corrected chi connectivity index (χ0v) is 20.3. The molecule has 2 aliphatic rings. The molecule has 0 radical (unpaired) electrons. The van der Waals surface area contributed by atoms with Gasteiger partial charge in [0.05, 0.1) is 0 Å². The molecule has 4 aromatic rings. The minimum atomic E-state index is -0.437. The average Bonchev–Trinajstić information content (AvgIpc) is 3.51. The third-order valence-electron chi connectivity index (χ3n) is 6.64. The maximum absolute atomic E-state index is 13.8. The van der Waals surface area contributed by atoms with Gasteiger partial charge in [0.1, 0.15) is 12.0 Å². The van der Waals surface area contributed by atoms with Gasteiger partial charge in [-0.3, -0.25) is 9.59 Å². The zero-order valence-electron chi connectivity index (χ0n) is 20.3. The van der Waals surface area contributed by atoms with E-state index < -0.39 is 6.17 Å². The molecule has 0 saturated heterocycles. The summed E-state index contributed by atoms with van der Waals surface area (Å²) in [6, 6.07) is 26.3. The van der Waals surface area contributed by atoms with Crippen molar-refractivity contribution in [2.24, 2.45) is 0 Å². The molecule has 8 heteroatoms. The Morgan fingerprint density at radius 3 is 2.55 bits per heavy atom. The van der Waals surface area contributed by atoms with Crippen LogP contribution in [-0.4, -0.2) is 23.5 Å². The van der Waals surface area contributed by atoms with E-state index in [-0.39, 0.29) is 31.0 Å². The molecule has 0 fully saturated rings. The van der Waals surface area contributed by atoms with Gasteiger partial charge in [-0.15, -0.1) is 0 Å². The number of carbonyl (C=O) groups is 2. The van der Waals surface area contributed by atoms with Crippen molar-refractivity contribution in [1.82, 2.24) is 10.2 Å². The molecule has 0 bridgehead atoms. The molecular weight excluding hydrogens is 485 g/mol. The first-order valence-corrected chi connectivity index (χ1v) is 12.2. The van der Waals surface area contributed by atoms with E-state index in [0.717, 1.165) is 16.8 Å². The number of halogens is 1. The summed E-state index contributed by atoms with van der Waals surface area (Å²) in [6.45, 7) is 0.809. The molecule has 2 aliphatic heterocycles. The predicted octanol–water partition coefficient (Wildman–Crippen LogP) is 5.25. The zero-order chi connectivity index (χ0) is 26.1. The molecule has 38 heavy (non-hydrogen) atoms. The molecule has 0 spiro atoms. The first kappa shape index (κ1) is 23.5. The Balaban J connectivity index is 1.15. The van der Waals surface area contributed by atoms with Gasteiger partial charge in [-0.2, -0.15) is 0 Å². The highest BCUT2D eigenvalue weighted by Crippen LogP contribution is 2.36. The van der Waals surface area contributed by atoms with Crippen LogP contribution >= 0.6 is 0 Å². The van der Waals surface area contributed by atoms with Gasteiger partial charge in [0.2, 0.25) is 6.79 Å². The van der Waals surface area contributed by atoms with E-state index in [1.165, 1.54) is 12.1 Å². The molecule has 4 aromatic carbocycles. The number of amides is 2. The molecule has 0 aromatic heterocycles. The Labute approximate surface area is 218 Å². The van der Waals surface area contributed by atoms with Crippen molar-refractivity contribution in [2.75, 3.05) is 12.1 Å². The monoisotopic (exact) mass is 509 g/mol. The Kier molecular flexibility index (Phi) is 6.13. The van der Waals surface area contributed by atoms with Crippen LogP contribution in [0.25, 0.3) is 0 Å². The van der Waals surface area contributed by atoms with Gasteiger partial charge in [0, 0.05) is 35.5 Å². The lowest BCUT2D eigenvalue weighted by Gasteiger charge is -2.27. The van der Waals surface area contributed by atoms with E-state index in [9.17, 15) is 14.0 Å². The Morgan fingerprint density at radius 1 is 0.895 bits per heavy atom. The molecule has 0 saturated carbocycles. The standard InChI is InChI=1S/C30H24FN3O4/c31-22-5-3-4-20(14-22)17-34-28(24-6-1-2-7-25(24)30(34)36)33-23-11-9-21(10-12-23)29(35)32-16-19-8-13-26-27(15-19)38-18-37-26/h1-15,28,33H,16-18H2,(H,32,35). The molecule has 2 amide bonds. The van der Waals surface area contributed by atoms with E-state index in [2.05, 4.69) is 10.6 Å². The quantitative estimate of drug-likeness (QED) is 0.356. The SMILES string of the molecule is O=C(NCc1ccc2c(c1)OCO2)c1ccc(NC2c3ccccc3C(=O)N2Cc2cccc(F)c2)cc1. The van der Waals surface area contributed by atoms with Crippen molar-refractivity contribution < 1.29 is 23.5 Å². The second-order valence-electron chi connectivity index (χ2n) is 9.14. The van der Waals surface area contributed by atoms with Crippen LogP contribution in [0.2, 0.25) is 0 Å². The van der Waals surface area contributed by atoms with Gasteiger partial charge in [0.15, 0.2) is 11.5 Å². The van der Waals surface area contributed by atoms with Crippen LogP contribution in [0.3, 0.4) is 0 Å². The number of fused-ring (bicyclic) bond motifs is 2. The van der Waals surface area contributed by atoms with Gasteiger partial charge in [-0.1, -0.05) is 36.4 Å². The van der Waals surface area contributed by atoms with Gasteiger partial charge in [-0.25, -0.2) is 4.39 Å². The highest BCUT2D eigenvalue weighted by atomic mass is 19.1. The number of anilines is 1. The molecule has 1 atom stereocenters. The maximum atomic E-state index is 13.8. The van der Waals surface area contributed by atoms with Crippen molar-refractivity contribution in [2.45, 2.75) is 19.3 Å². The predicted molar refractivity (Wildman–Crippen MR) is 139 cm³/mol. The van der Waals surface area contributed by atoms with Crippen molar-refractivity contribution in [3.63, 3.8) is 0 Å². The van der Waals surface area contributed by atoms with Gasteiger partial charge in [-0.05, 0) is 65.7 Å². The fourth-order valence-corrected chi connectivity index (χ4v) is 4.73. The number of rotatable bonds is 7. The maximum Gasteiger partial charge on any atom is 0.256 e. The lowest BCUT2D eigenvalue weighted by Crippen LogP contribution is -2.32. The van der Waals surface area contributed by atoms with E-state index in [1.54, 1.807) is 47.4 Å². The first-order chi connectivity index (χ1) is 18.5. The summed E-state index contributed by atoms with van der Waals surface area (Å²) in [5.74, 6) is 0.698. The van der Waals surface area contributed by atoms with Crippen molar-refractivity contribution >= 4 is 17.5 Å². The van der Waals surface area contributed by atoms with E-state index in [4.69, 9.17) is 9.47 Å². The average molecular weight is 510 g/mol. The topological polar surface area (TPSA) is 79.9 Å². The van der Waals surface area contributed by atoms with E-state index >= 15 is 0 Å². The van der Waals surface area contributed by atoms with Crippen LogP contribution in [0.1, 0.15) is 43.6 Å². The lowest BCUT2D eigenvalue weighted by molar-refractivity contribution is 0.0728. The van der Waals surface area contributed by atoms with Crippen molar-refractivity contribution in [3.8, 4) is 11.5 Å². The molecule has 7 nitrogen and oxygen atoms in total. The Morgan fingerprint density at radius 2 is 1.71 bits per heavy atom. The largest absolute Gasteiger partial charge is 0.454 e. The van der Waals surface area contributed by atoms with Gasteiger partial charge < -0.3 is 25.0 Å². The molecule has 2 N–H and O–H groups in total. The number of ether oxygens (including phenoxy) is 2. The number of carbonyl (C=O) groups excluding carboxylic acids is 2. The number of nitrogens with zero attached hydrogens (tertiary/aromatic N) is 1. The summed E-state index contributed by atoms with van der Waals surface area (Å²) >= 11 is 0. The second kappa shape index (κ2) is 9.89. The summed E-state index contributed by atoms with van der Waals surface area (Å²) in [7, 11) is 0. The van der Waals surface area contributed by atoms with Crippen LogP contribution < -0.4 is 20.1 Å². The summed E-state index contributed by atoms with van der Waals surface area (Å²) < 4.78 is 24.5. The third-order valence-corrected chi connectivity index (χ3v) is 6.64. The highest BCUT2D eigenvalue weighted by molar-refractivity contribution is 5.99. The Hall–Kier alpha value is -4.85. The molecule has 190 valence electrons. The number of hydrogen-bond donors (Lipinski definition) is 2. The minimum absolute atomic E-state index is 0.123. The summed E-state index contributed by atoms with van der Waals surface area (Å²) in [6.07, 6.45) is -0.437. The van der Waals surface area contributed by atoms with Crippen LogP contribution in [0, 0.1) is 5.82 Å². The van der Waals surface area contributed by atoms with Crippen LogP contribution in [0.15, 0.2) is 91.0 Å². The number of benzene rings is 4. The van der Waals surface area contributed by atoms with Crippen LogP contribution in [0.5, 0.6) is 11.5 Å². The van der Waals surface area contributed by atoms with Crippen LogP contribution in [0.4, 0.5) is 10.1 Å². The van der Waals surface area contributed by atoms with Gasteiger partial charge >= 0.3 is 0 Å². The number of hydrogen-bond acceptors (Lipinski definition) is 5. The van der Waals surface area contributed by atoms with Gasteiger partial charge in [0.25, 0.3) is 11.8 Å². The molecular formula is C30H24FN3O4. The van der Waals surface area contributed by atoms with E-state index in [1.807, 2.05) is 36.4 Å². The van der Waals surface area contributed by atoms with Crippen molar-refractivity contribution in [1.29, 1.82) is 0 Å². The summed E-state index contributed by atoms with van der Waals surface area (Å²) in [4.78, 5) is 27.6. The van der Waals surface area contributed by atoms with E-state index in [0.29, 0.717) is 34.7 Å². The molecule has 2 heterocycles.